The third kappa shape index (κ3) is 4.18. The molecule has 0 bridgehead atoms. The first-order chi connectivity index (χ1) is 14.2. The fraction of sp³-hybridized carbons (Fsp3) is 0.300. The van der Waals surface area contributed by atoms with Crippen LogP contribution in [0.3, 0.4) is 0 Å². The molecule has 1 aliphatic heterocycles. The molecule has 1 aromatic carbocycles. The Morgan fingerprint density at radius 1 is 1.23 bits per heavy atom. The van der Waals surface area contributed by atoms with E-state index in [1.54, 1.807) is 12.3 Å². The number of ether oxygens (including phenoxy) is 1. The summed E-state index contributed by atoms with van der Waals surface area (Å²) in [4.78, 5) is 19.2. The van der Waals surface area contributed by atoms with Crippen molar-refractivity contribution in [2.45, 2.75) is 19.3 Å². The Balaban J connectivity index is 1.71. The normalized spacial score (nSPS) is 17.3. The maximum Gasteiger partial charge on any atom is 0.573 e. The minimum atomic E-state index is -4.95. The van der Waals surface area contributed by atoms with Crippen molar-refractivity contribution in [1.29, 1.82) is 0 Å². The molecule has 4 rings (SSSR count). The second-order valence-corrected chi connectivity index (χ2v) is 7.13. The average Bonchev–Trinajstić information content (AvgIpc) is 2.68. The summed E-state index contributed by atoms with van der Waals surface area (Å²) in [5.41, 5.74) is 1.27. The van der Waals surface area contributed by atoms with Gasteiger partial charge in [0.1, 0.15) is 5.65 Å². The highest BCUT2D eigenvalue weighted by Gasteiger charge is 2.32. The van der Waals surface area contributed by atoms with E-state index in [-0.39, 0.29) is 16.8 Å². The van der Waals surface area contributed by atoms with Crippen LogP contribution >= 0.6 is 0 Å². The summed E-state index contributed by atoms with van der Waals surface area (Å²) < 4.78 is 42.8. The van der Waals surface area contributed by atoms with Crippen LogP contribution in [0.1, 0.15) is 6.92 Å². The molecule has 1 fully saturated rings. The second kappa shape index (κ2) is 7.52. The Hall–Kier alpha value is -3.27. The van der Waals surface area contributed by atoms with E-state index < -0.39 is 17.9 Å². The number of nitrogens with one attached hydrogen (secondary N) is 1. The topological polar surface area (TPSA) is 79.1 Å². The maximum absolute atomic E-state index is 12.7. The van der Waals surface area contributed by atoms with Gasteiger partial charge in [0.25, 0.3) is 5.56 Å². The lowest BCUT2D eigenvalue weighted by Crippen LogP contribution is -2.49. The van der Waals surface area contributed by atoms with Gasteiger partial charge < -0.3 is 20.1 Å². The standard InChI is InChI=1S/C20H19F3N4O3/c1-12-10-26(7-6-24-12)14-3-5-18-25-15(9-19(29)27(18)11-14)13-2-4-16(28)17(8-13)30-20(21,22)23/h2-5,8-9,11-12,24,28H,6-7,10H2,1H3/t12-/m0/s1. The number of halogens is 3. The van der Waals surface area contributed by atoms with Crippen molar-refractivity contribution in [2.75, 3.05) is 24.5 Å². The second-order valence-electron chi connectivity index (χ2n) is 7.13. The number of hydrogen-bond donors (Lipinski definition) is 2. The monoisotopic (exact) mass is 420 g/mol. The number of rotatable bonds is 3. The molecule has 158 valence electrons. The van der Waals surface area contributed by atoms with Crippen LogP contribution in [0.4, 0.5) is 18.9 Å². The van der Waals surface area contributed by atoms with Gasteiger partial charge in [-0.25, -0.2) is 4.98 Å². The number of benzene rings is 1. The van der Waals surface area contributed by atoms with E-state index >= 15 is 0 Å². The fourth-order valence-electron chi connectivity index (χ4n) is 3.47. The molecule has 1 atom stereocenters. The predicted molar refractivity (Wildman–Crippen MR) is 105 cm³/mol. The van der Waals surface area contributed by atoms with Crippen molar-refractivity contribution in [3.8, 4) is 22.8 Å². The highest BCUT2D eigenvalue weighted by atomic mass is 19.4. The zero-order valence-electron chi connectivity index (χ0n) is 16.0. The van der Waals surface area contributed by atoms with Crippen LogP contribution in [-0.2, 0) is 0 Å². The number of alkyl halides is 3. The van der Waals surface area contributed by atoms with E-state index in [9.17, 15) is 23.1 Å². The molecule has 10 heteroatoms. The Morgan fingerprint density at radius 2 is 2.03 bits per heavy atom. The van der Waals surface area contributed by atoms with Gasteiger partial charge in [-0.2, -0.15) is 0 Å². The van der Waals surface area contributed by atoms with Crippen molar-refractivity contribution in [3.05, 3.63) is 52.9 Å². The lowest BCUT2D eigenvalue weighted by atomic mass is 10.1. The molecule has 3 aromatic rings. The smallest absolute Gasteiger partial charge is 0.504 e. The quantitative estimate of drug-likeness (QED) is 0.679. The molecule has 7 nitrogen and oxygen atoms in total. The van der Waals surface area contributed by atoms with E-state index in [4.69, 9.17) is 0 Å². The Kier molecular flexibility index (Phi) is 5.02. The zero-order valence-corrected chi connectivity index (χ0v) is 16.0. The number of phenolic OH excluding ortho intramolecular Hbond substituents is 1. The highest BCUT2D eigenvalue weighted by Crippen LogP contribution is 2.34. The van der Waals surface area contributed by atoms with Crippen molar-refractivity contribution in [2.24, 2.45) is 0 Å². The number of piperazine rings is 1. The summed E-state index contributed by atoms with van der Waals surface area (Å²) in [5.74, 6) is -1.42. The maximum atomic E-state index is 12.7. The average molecular weight is 420 g/mol. The molecule has 1 saturated heterocycles. The molecule has 1 aliphatic rings. The molecular formula is C20H19F3N4O3. The molecule has 3 heterocycles. The van der Waals surface area contributed by atoms with Gasteiger partial charge in [-0.15, -0.1) is 13.2 Å². The van der Waals surface area contributed by atoms with Gasteiger partial charge in [-0.1, -0.05) is 0 Å². The number of anilines is 1. The molecule has 0 amide bonds. The fourth-order valence-corrected chi connectivity index (χ4v) is 3.47. The number of phenols is 1. The summed E-state index contributed by atoms with van der Waals surface area (Å²) >= 11 is 0. The third-order valence-electron chi connectivity index (χ3n) is 4.86. The molecule has 0 aliphatic carbocycles. The van der Waals surface area contributed by atoms with E-state index in [1.165, 1.54) is 16.5 Å². The van der Waals surface area contributed by atoms with E-state index in [2.05, 4.69) is 26.9 Å². The van der Waals surface area contributed by atoms with Gasteiger partial charge in [0.05, 0.1) is 11.4 Å². The summed E-state index contributed by atoms with van der Waals surface area (Å²) in [6.07, 6.45) is -3.24. The van der Waals surface area contributed by atoms with Crippen molar-refractivity contribution in [3.63, 3.8) is 0 Å². The molecular weight excluding hydrogens is 401 g/mol. The van der Waals surface area contributed by atoms with Gasteiger partial charge in [0, 0.05) is 43.5 Å². The van der Waals surface area contributed by atoms with Crippen LogP contribution in [-0.4, -0.2) is 46.5 Å². The summed E-state index contributed by atoms with van der Waals surface area (Å²) in [6.45, 7) is 4.54. The zero-order chi connectivity index (χ0) is 21.5. The van der Waals surface area contributed by atoms with E-state index in [0.29, 0.717) is 11.7 Å². The number of aromatic nitrogens is 2. The highest BCUT2D eigenvalue weighted by molar-refractivity contribution is 5.66. The number of nitrogens with zero attached hydrogens (tertiary/aromatic N) is 3. The van der Waals surface area contributed by atoms with Crippen LogP contribution in [0.15, 0.2) is 47.4 Å². The molecule has 0 saturated carbocycles. The summed E-state index contributed by atoms with van der Waals surface area (Å²) in [7, 11) is 0. The lowest BCUT2D eigenvalue weighted by molar-refractivity contribution is -0.275. The largest absolute Gasteiger partial charge is 0.573 e. The molecule has 30 heavy (non-hydrogen) atoms. The van der Waals surface area contributed by atoms with Crippen molar-refractivity contribution >= 4 is 11.3 Å². The van der Waals surface area contributed by atoms with E-state index in [0.717, 1.165) is 37.5 Å². The van der Waals surface area contributed by atoms with Gasteiger partial charge in [-0.3, -0.25) is 9.20 Å². The van der Waals surface area contributed by atoms with Crippen LogP contribution in [0.5, 0.6) is 11.5 Å². The summed E-state index contributed by atoms with van der Waals surface area (Å²) in [5, 5.41) is 13.0. The molecule has 2 aromatic heterocycles. The number of hydrogen-bond acceptors (Lipinski definition) is 6. The Bertz CT molecular complexity index is 1150. The minimum Gasteiger partial charge on any atom is -0.504 e. The molecule has 2 N–H and O–H groups in total. The lowest BCUT2D eigenvalue weighted by Gasteiger charge is -2.33. The molecule has 0 unspecified atom stereocenters. The number of pyridine rings is 1. The SMILES string of the molecule is C[C@H]1CN(c2ccc3nc(-c4ccc(O)c(OC(F)(F)F)c4)cc(=O)n3c2)CCN1. The Labute approximate surface area is 169 Å². The van der Waals surface area contributed by atoms with Gasteiger partial charge in [0.2, 0.25) is 0 Å². The van der Waals surface area contributed by atoms with Gasteiger partial charge in [-0.05, 0) is 37.3 Å². The van der Waals surface area contributed by atoms with Crippen LogP contribution < -0.4 is 20.5 Å². The molecule has 0 spiro atoms. The first kappa shape index (κ1) is 20.0. The van der Waals surface area contributed by atoms with E-state index in [1.807, 2.05) is 6.07 Å². The summed E-state index contributed by atoms with van der Waals surface area (Å²) in [6, 6.07) is 8.55. The van der Waals surface area contributed by atoms with Crippen LogP contribution in [0.25, 0.3) is 16.9 Å². The third-order valence-corrected chi connectivity index (χ3v) is 4.86. The number of aromatic hydroxyl groups is 1. The van der Waals surface area contributed by atoms with Crippen molar-refractivity contribution < 1.29 is 23.0 Å². The van der Waals surface area contributed by atoms with Crippen LogP contribution in [0, 0.1) is 0 Å². The molecule has 0 radical (unpaired) electrons. The first-order valence-electron chi connectivity index (χ1n) is 9.30. The first-order valence-corrected chi connectivity index (χ1v) is 9.30. The predicted octanol–water partition coefficient (Wildman–Crippen LogP) is 2.76. The van der Waals surface area contributed by atoms with Crippen molar-refractivity contribution in [1.82, 2.24) is 14.7 Å². The van der Waals surface area contributed by atoms with Gasteiger partial charge in [0.15, 0.2) is 11.5 Å². The number of fused-ring (bicyclic) bond motifs is 1. The van der Waals surface area contributed by atoms with Crippen LogP contribution in [0.2, 0.25) is 0 Å². The van der Waals surface area contributed by atoms with Gasteiger partial charge >= 0.3 is 6.36 Å². The Morgan fingerprint density at radius 3 is 2.77 bits per heavy atom. The minimum absolute atomic E-state index is 0.176.